The van der Waals surface area contributed by atoms with Gasteiger partial charge in [-0.05, 0) is 19.4 Å². The van der Waals surface area contributed by atoms with Gasteiger partial charge in [0.15, 0.2) is 5.16 Å². The number of hydrogen-bond acceptors (Lipinski definition) is 3. The minimum atomic E-state index is 0.649. The molecule has 96 valence electrons. The maximum atomic E-state index is 4.34. The van der Waals surface area contributed by atoms with Crippen molar-refractivity contribution in [3.8, 4) is 0 Å². The lowest BCUT2D eigenvalue weighted by Gasteiger charge is -2.28. The predicted octanol–water partition coefficient (Wildman–Crippen LogP) is 3.20. The molecule has 1 aliphatic carbocycles. The molecule has 2 N–H and O–H groups in total. The Balaban J connectivity index is 1.96. The third-order valence-corrected chi connectivity index (χ3v) is 4.72. The van der Waals surface area contributed by atoms with Gasteiger partial charge in [0.25, 0.3) is 0 Å². The Hall–Kier alpha value is -0.480. The highest BCUT2D eigenvalue weighted by Gasteiger charge is 2.23. The maximum absolute atomic E-state index is 4.34. The van der Waals surface area contributed by atoms with Crippen LogP contribution in [0.25, 0.3) is 0 Å². The zero-order valence-corrected chi connectivity index (χ0v) is 11.4. The highest BCUT2D eigenvalue weighted by atomic mass is 32.2. The van der Waals surface area contributed by atoms with Crippen molar-refractivity contribution in [2.75, 3.05) is 6.54 Å². The van der Waals surface area contributed by atoms with Crippen molar-refractivity contribution >= 4 is 11.8 Å². The normalized spacial score (nSPS) is 26.4. The smallest absolute Gasteiger partial charge is 0.165 e. The Morgan fingerprint density at radius 1 is 1.35 bits per heavy atom. The Labute approximate surface area is 108 Å². The highest BCUT2D eigenvalue weighted by molar-refractivity contribution is 7.99. The second-order valence-electron chi connectivity index (χ2n) is 4.71. The lowest BCUT2D eigenvalue weighted by molar-refractivity contribution is 0.406. The number of aromatic amines is 1. The van der Waals surface area contributed by atoms with E-state index in [1.165, 1.54) is 38.5 Å². The minimum Gasteiger partial charge on any atom is -0.340 e. The van der Waals surface area contributed by atoms with Crippen LogP contribution in [0.15, 0.2) is 17.6 Å². The summed E-state index contributed by atoms with van der Waals surface area (Å²) in [7, 11) is 0. The molecule has 1 heterocycles. The molecular formula is C13H23N3S. The Morgan fingerprint density at radius 2 is 2.18 bits per heavy atom. The molecule has 4 heteroatoms. The Morgan fingerprint density at radius 3 is 2.88 bits per heavy atom. The molecule has 2 atom stereocenters. The van der Waals surface area contributed by atoms with E-state index in [2.05, 4.69) is 22.2 Å². The first-order chi connectivity index (χ1) is 8.40. The van der Waals surface area contributed by atoms with Gasteiger partial charge < -0.3 is 10.3 Å². The van der Waals surface area contributed by atoms with Crippen molar-refractivity contribution < 1.29 is 0 Å². The van der Waals surface area contributed by atoms with Crippen molar-refractivity contribution in [2.45, 2.75) is 61.9 Å². The number of nitrogens with one attached hydrogen (secondary N) is 2. The molecule has 1 fully saturated rings. The molecule has 1 aromatic rings. The summed E-state index contributed by atoms with van der Waals surface area (Å²) in [6.07, 6.45) is 11.9. The van der Waals surface area contributed by atoms with Gasteiger partial charge in [-0.1, -0.05) is 44.4 Å². The van der Waals surface area contributed by atoms with E-state index in [0.717, 1.165) is 11.7 Å². The Kier molecular flexibility index (Phi) is 5.39. The van der Waals surface area contributed by atoms with Gasteiger partial charge in [0.05, 0.1) is 0 Å². The summed E-state index contributed by atoms with van der Waals surface area (Å²) in [5, 5.41) is 5.39. The van der Waals surface area contributed by atoms with Crippen LogP contribution in [-0.2, 0) is 0 Å². The van der Waals surface area contributed by atoms with Crippen molar-refractivity contribution in [2.24, 2.45) is 0 Å². The molecule has 2 unspecified atom stereocenters. The third-order valence-electron chi connectivity index (χ3n) is 3.41. The number of rotatable bonds is 4. The lowest BCUT2D eigenvalue weighted by Crippen LogP contribution is -2.38. The molecule has 0 aliphatic heterocycles. The zero-order chi connectivity index (χ0) is 11.9. The quantitative estimate of drug-likeness (QED) is 0.865. The van der Waals surface area contributed by atoms with Crippen LogP contribution in [0.4, 0.5) is 0 Å². The summed E-state index contributed by atoms with van der Waals surface area (Å²) in [6, 6.07) is 0.649. The molecule has 1 aliphatic rings. The van der Waals surface area contributed by atoms with Crippen molar-refractivity contribution in [3.05, 3.63) is 12.4 Å². The molecule has 3 nitrogen and oxygen atoms in total. The largest absolute Gasteiger partial charge is 0.340 e. The van der Waals surface area contributed by atoms with E-state index in [9.17, 15) is 0 Å². The topological polar surface area (TPSA) is 40.7 Å². The minimum absolute atomic E-state index is 0.649. The van der Waals surface area contributed by atoms with E-state index >= 15 is 0 Å². The number of nitrogens with zero attached hydrogens (tertiary/aromatic N) is 1. The van der Waals surface area contributed by atoms with Crippen LogP contribution in [-0.4, -0.2) is 27.8 Å². The number of aromatic nitrogens is 2. The van der Waals surface area contributed by atoms with Gasteiger partial charge in [0.1, 0.15) is 0 Å². The van der Waals surface area contributed by atoms with Gasteiger partial charge in [0, 0.05) is 23.7 Å². The summed E-state index contributed by atoms with van der Waals surface area (Å²) in [6.45, 7) is 3.27. The monoisotopic (exact) mass is 253 g/mol. The van der Waals surface area contributed by atoms with Gasteiger partial charge in [-0.2, -0.15) is 0 Å². The predicted molar refractivity (Wildman–Crippen MR) is 73.4 cm³/mol. The first-order valence-corrected chi connectivity index (χ1v) is 7.67. The second-order valence-corrected chi connectivity index (χ2v) is 5.93. The van der Waals surface area contributed by atoms with E-state index in [1.807, 2.05) is 24.2 Å². The molecule has 0 radical (unpaired) electrons. The molecule has 17 heavy (non-hydrogen) atoms. The van der Waals surface area contributed by atoms with Crippen LogP contribution in [0.1, 0.15) is 45.4 Å². The number of thioether (sulfide) groups is 1. The molecule has 1 aromatic heterocycles. The van der Waals surface area contributed by atoms with Crippen LogP contribution in [0.2, 0.25) is 0 Å². The Bertz CT molecular complexity index is 300. The molecule has 0 spiro atoms. The molecule has 1 saturated carbocycles. The van der Waals surface area contributed by atoms with Crippen LogP contribution >= 0.6 is 11.8 Å². The highest BCUT2D eigenvalue weighted by Crippen LogP contribution is 2.30. The van der Waals surface area contributed by atoms with Gasteiger partial charge in [-0.15, -0.1) is 0 Å². The van der Waals surface area contributed by atoms with E-state index in [1.54, 1.807) is 0 Å². The van der Waals surface area contributed by atoms with Crippen LogP contribution in [0.5, 0.6) is 0 Å². The molecule has 0 saturated heterocycles. The number of imidazole rings is 1. The van der Waals surface area contributed by atoms with E-state index in [4.69, 9.17) is 0 Å². The SMILES string of the molecule is CCNC1CCCCCCC1Sc1ncc[nH]1. The molecule has 0 bridgehead atoms. The van der Waals surface area contributed by atoms with Crippen LogP contribution < -0.4 is 5.32 Å². The van der Waals surface area contributed by atoms with Gasteiger partial charge in [-0.25, -0.2) is 4.98 Å². The standard InChI is InChI=1S/C13H23N3S/c1-2-14-11-7-5-3-4-6-8-12(11)17-13-15-9-10-16-13/h9-12,14H,2-8H2,1H3,(H,15,16). The van der Waals surface area contributed by atoms with Crippen LogP contribution in [0, 0.1) is 0 Å². The van der Waals surface area contributed by atoms with Crippen molar-refractivity contribution in [1.29, 1.82) is 0 Å². The molecular weight excluding hydrogens is 230 g/mol. The number of H-pyrrole nitrogens is 1. The average molecular weight is 253 g/mol. The lowest BCUT2D eigenvalue weighted by atomic mass is 9.96. The van der Waals surface area contributed by atoms with Gasteiger partial charge >= 0.3 is 0 Å². The summed E-state index contributed by atoms with van der Waals surface area (Å²) < 4.78 is 0. The molecule has 2 rings (SSSR count). The summed E-state index contributed by atoms with van der Waals surface area (Å²) in [5.74, 6) is 0. The number of hydrogen-bond donors (Lipinski definition) is 2. The van der Waals surface area contributed by atoms with Crippen molar-refractivity contribution in [1.82, 2.24) is 15.3 Å². The van der Waals surface area contributed by atoms with E-state index < -0.39 is 0 Å². The van der Waals surface area contributed by atoms with Gasteiger partial charge in [-0.3, -0.25) is 0 Å². The maximum Gasteiger partial charge on any atom is 0.165 e. The fraction of sp³-hybridized carbons (Fsp3) is 0.769. The molecule has 0 aromatic carbocycles. The fourth-order valence-electron chi connectivity index (χ4n) is 2.55. The van der Waals surface area contributed by atoms with E-state index in [-0.39, 0.29) is 0 Å². The third kappa shape index (κ3) is 4.03. The first kappa shape index (κ1) is 13.0. The second kappa shape index (κ2) is 7.07. The average Bonchev–Trinajstić information content (AvgIpc) is 2.80. The van der Waals surface area contributed by atoms with Gasteiger partial charge in [0.2, 0.25) is 0 Å². The fourth-order valence-corrected chi connectivity index (χ4v) is 3.77. The summed E-state index contributed by atoms with van der Waals surface area (Å²) in [4.78, 5) is 7.55. The summed E-state index contributed by atoms with van der Waals surface area (Å²) in [5.41, 5.74) is 0. The summed E-state index contributed by atoms with van der Waals surface area (Å²) >= 11 is 1.91. The van der Waals surface area contributed by atoms with Crippen molar-refractivity contribution in [3.63, 3.8) is 0 Å². The van der Waals surface area contributed by atoms with E-state index in [0.29, 0.717) is 11.3 Å². The van der Waals surface area contributed by atoms with Crippen LogP contribution in [0.3, 0.4) is 0 Å². The zero-order valence-electron chi connectivity index (χ0n) is 10.6. The molecule has 0 amide bonds. The first-order valence-electron chi connectivity index (χ1n) is 6.79.